The number of ether oxygens (including phenoxy) is 4. The van der Waals surface area contributed by atoms with Gasteiger partial charge in [0.25, 0.3) is 6.29 Å². The molecule has 0 aliphatic rings. The summed E-state index contributed by atoms with van der Waals surface area (Å²) in [7, 11) is 5.96. The Kier molecular flexibility index (Phi) is 66.4. The van der Waals surface area contributed by atoms with Gasteiger partial charge < -0.3 is 28.5 Å². The Bertz CT molecular complexity index is 2100. The summed E-state index contributed by atoms with van der Waals surface area (Å²) in [5.74, 6) is -2.05. The fraction of sp³-hybridized carbons (Fsp3) is 0.622. The zero-order valence-corrected chi connectivity index (χ0v) is 58.7. The number of hydrogen-bond donors (Lipinski definition) is 1. The van der Waals surface area contributed by atoms with E-state index in [4.69, 9.17) is 18.9 Å². The summed E-state index contributed by atoms with van der Waals surface area (Å²) in [4.78, 5) is 37.6. The van der Waals surface area contributed by atoms with Gasteiger partial charge in [-0.25, -0.2) is 4.79 Å². The molecule has 0 aromatic heterocycles. The third-order valence-electron chi connectivity index (χ3n) is 15.0. The molecule has 0 aromatic carbocycles. The van der Waals surface area contributed by atoms with E-state index in [0.29, 0.717) is 17.4 Å². The van der Waals surface area contributed by atoms with Gasteiger partial charge in [0, 0.05) is 12.8 Å². The van der Waals surface area contributed by atoms with Crippen molar-refractivity contribution in [1.29, 1.82) is 0 Å². The van der Waals surface area contributed by atoms with Crippen LogP contribution in [-0.4, -0.2) is 87.4 Å². The molecule has 1 N–H and O–H groups in total. The fourth-order valence-corrected chi connectivity index (χ4v) is 9.44. The van der Waals surface area contributed by atoms with Gasteiger partial charge in [-0.2, -0.15) is 0 Å². The standard InChI is InChI=1S/C82H133NO8/c1-6-8-10-12-14-16-18-20-22-24-26-28-30-32-34-35-36-37-38-39-40-41-42-43-44-45-47-49-51-53-55-57-59-61-63-65-67-69-71-73-80(85)91-78(77-90-82(81(86)87)88-75-74-83(3,4)5)76-89-79(84)72-70-68-66-64-62-60-58-56-54-52-50-48-46-33-31-29-27-25-23-21-19-17-15-13-11-9-7-2/h8,10,14,16,19-22,25-28,31-34,36-37,39-40,42-43,45,47,51,53,57,59,78,82H,6-7,9,11-13,15,17-18,23-24,29-30,35,38,41,44,46,48-50,52,54-56,58,60-77H2,1-5H3/p+1/b10-8-,16-14-,21-19-,22-20-,27-25-,28-26-,33-31-,34-32-,37-36-,40-39-,43-42-,47-45-,53-51-,59-57-. The summed E-state index contributed by atoms with van der Waals surface area (Å²) in [5.41, 5.74) is 0. The highest BCUT2D eigenvalue weighted by Gasteiger charge is 2.25. The van der Waals surface area contributed by atoms with Gasteiger partial charge in [0.1, 0.15) is 13.2 Å². The first-order valence-corrected chi connectivity index (χ1v) is 36.3. The van der Waals surface area contributed by atoms with E-state index in [0.717, 1.165) is 135 Å². The molecular weight excluding hydrogens is 1130 g/mol. The summed E-state index contributed by atoms with van der Waals surface area (Å²) >= 11 is 0. The molecule has 2 atom stereocenters. The van der Waals surface area contributed by atoms with Crippen LogP contribution in [0.4, 0.5) is 0 Å². The Balaban J connectivity index is 4.23. The Morgan fingerprint density at radius 1 is 0.341 bits per heavy atom. The number of carbonyl (C=O) groups is 3. The number of aliphatic carboxylic acids is 1. The minimum Gasteiger partial charge on any atom is -0.477 e. The molecule has 9 heteroatoms. The van der Waals surface area contributed by atoms with Crippen LogP contribution < -0.4 is 0 Å². The van der Waals surface area contributed by atoms with Crippen molar-refractivity contribution in [2.75, 3.05) is 47.5 Å². The lowest BCUT2D eigenvalue weighted by atomic mass is 10.0. The first kappa shape index (κ1) is 85.7. The highest BCUT2D eigenvalue weighted by molar-refractivity contribution is 5.71. The number of nitrogens with zero attached hydrogens (tertiary/aromatic N) is 1. The lowest BCUT2D eigenvalue weighted by Crippen LogP contribution is -2.40. The number of quaternary nitrogens is 1. The van der Waals surface area contributed by atoms with Crippen LogP contribution in [0.1, 0.15) is 271 Å². The zero-order valence-electron chi connectivity index (χ0n) is 58.7. The molecule has 2 unspecified atom stereocenters. The molecule has 0 saturated heterocycles. The molecule has 91 heavy (non-hydrogen) atoms. The molecule has 0 fully saturated rings. The van der Waals surface area contributed by atoms with Gasteiger partial charge in [-0.1, -0.05) is 293 Å². The first-order chi connectivity index (χ1) is 44.6. The van der Waals surface area contributed by atoms with Crippen molar-refractivity contribution in [2.45, 2.75) is 283 Å². The second-order valence-corrected chi connectivity index (χ2v) is 24.8. The largest absolute Gasteiger partial charge is 0.477 e. The Morgan fingerprint density at radius 3 is 0.934 bits per heavy atom. The molecule has 0 saturated carbocycles. The number of hydrogen-bond acceptors (Lipinski definition) is 7. The van der Waals surface area contributed by atoms with E-state index >= 15 is 0 Å². The summed E-state index contributed by atoms with van der Waals surface area (Å²) in [6.07, 6.45) is 103. The average Bonchev–Trinajstić information content (AvgIpc) is 3.46. The molecule has 9 nitrogen and oxygen atoms in total. The number of esters is 2. The van der Waals surface area contributed by atoms with Crippen molar-refractivity contribution >= 4 is 17.9 Å². The number of allylic oxidation sites excluding steroid dienone is 28. The van der Waals surface area contributed by atoms with E-state index in [2.05, 4.69) is 184 Å². The van der Waals surface area contributed by atoms with Crippen LogP contribution in [0.2, 0.25) is 0 Å². The van der Waals surface area contributed by atoms with E-state index in [1.807, 2.05) is 21.1 Å². The third kappa shape index (κ3) is 71.9. The maximum atomic E-state index is 13.0. The van der Waals surface area contributed by atoms with Crippen LogP contribution in [0.25, 0.3) is 0 Å². The van der Waals surface area contributed by atoms with Crippen LogP contribution in [0.15, 0.2) is 170 Å². The molecule has 0 bridgehead atoms. The number of carboxylic acid groups (broad SMARTS) is 1. The lowest BCUT2D eigenvalue weighted by molar-refractivity contribution is -0.870. The van der Waals surface area contributed by atoms with Gasteiger partial charge in [0.15, 0.2) is 6.10 Å². The van der Waals surface area contributed by atoms with Crippen molar-refractivity contribution in [3.63, 3.8) is 0 Å². The molecule has 514 valence electrons. The maximum absolute atomic E-state index is 13.0. The molecule has 0 aliphatic heterocycles. The number of carboxylic acids is 1. The zero-order chi connectivity index (χ0) is 66.1. The normalized spacial score (nSPS) is 13.7. The van der Waals surface area contributed by atoms with E-state index in [9.17, 15) is 19.5 Å². The topological polar surface area (TPSA) is 108 Å². The van der Waals surface area contributed by atoms with Crippen molar-refractivity contribution in [2.24, 2.45) is 0 Å². The Hall–Kier alpha value is -5.35. The molecule has 0 heterocycles. The first-order valence-electron chi connectivity index (χ1n) is 36.3. The Morgan fingerprint density at radius 2 is 0.626 bits per heavy atom. The number of rotatable bonds is 65. The van der Waals surface area contributed by atoms with Gasteiger partial charge in [0.05, 0.1) is 34.4 Å². The second-order valence-electron chi connectivity index (χ2n) is 24.8. The summed E-state index contributed by atoms with van der Waals surface area (Å²) in [6, 6.07) is 0. The lowest BCUT2D eigenvalue weighted by Gasteiger charge is -2.25. The van der Waals surface area contributed by atoms with Gasteiger partial charge in [-0.15, -0.1) is 0 Å². The van der Waals surface area contributed by atoms with Crippen LogP contribution >= 0.6 is 0 Å². The molecule has 0 aliphatic carbocycles. The summed E-state index contributed by atoms with van der Waals surface area (Å²) in [5, 5.41) is 9.75. The van der Waals surface area contributed by atoms with Gasteiger partial charge in [0.2, 0.25) is 0 Å². The second kappa shape index (κ2) is 70.5. The molecule has 0 radical (unpaired) electrons. The minimum atomic E-state index is -1.53. The SMILES string of the molecule is CC/C=C\C/C=C\C/C=C\C/C=C\C/C=C\C/C=C\C/C=C\C/C=C\C/C=C\C/C=C\C/C=C\CCCCCCCC(=O)OC(COC(=O)CCCCCCCCCCCCCC/C=C\C/C=C\C/C=C\CCCCCCC)COC(OCC[N+](C)(C)C)C(=O)O. The third-order valence-corrected chi connectivity index (χ3v) is 15.0. The highest BCUT2D eigenvalue weighted by Crippen LogP contribution is 2.16. The van der Waals surface area contributed by atoms with Gasteiger partial charge in [-0.3, -0.25) is 9.59 Å². The van der Waals surface area contributed by atoms with E-state index in [1.54, 1.807) is 0 Å². The van der Waals surface area contributed by atoms with Gasteiger partial charge in [-0.05, 0) is 135 Å². The summed E-state index contributed by atoms with van der Waals surface area (Å²) in [6.45, 7) is 4.72. The van der Waals surface area contributed by atoms with E-state index in [1.165, 1.54) is 103 Å². The molecule has 0 amide bonds. The fourth-order valence-electron chi connectivity index (χ4n) is 9.44. The number of unbranched alkanes of at least 4 members (excludes halogenated alkanes) is 22. The van der Waals surface area contributed by atoms with Crippen LogP contribution in [0, 0.1) is 0 Å². The average molecular weight is 1260 g/mol. The molecule has 0 spiro atoms. The molecule has 0 aromatic rings. The molecular formula is C82H134NO8+. The predicted molar refractivity (Wildman–Crippen MR) is 391 cm³/mol. The maximum Gasteiger partial charge on any atom is 0.361 e. The van der Waals surface area contributed by atoms with E-state index < -0.39 is 24.3 Å². The highest BCUT2D eigenvalue weighted by atomic mass is 16.7. The molecule has 0 rings (SSSR count). The van der Waals surface area contributed by atoms with Crippen LogP contribution in [-0.2, 0) is 33.3 Å². The minimum absolute atomic E-state index is 0.174. The van der Waals surface area contributed by atoms with Crippen molar-refractivity contribution in [3.05, 3.63) is 170 Å². The summed E-state index contributed by atoms with van der Waals surface area (Å²) < 4.78 is 23.0. The smallest absolute Gasteiger partial charge is 0.361 e. The predicted octanol–water partition coefficient (Wildman–Crippen LogP) is 23.0. The number of likely N-dealkylation sites (N-methyl/N-ethyl adjacent to an activating group) is 1. The van der Waals surface area contributed by atoms with Gasteiger partial charge >= 0.3 is 17.9 Å². The quantitative estimate of drug-likeness (QED) is 0.0211. The Labute approximate surface area is 558 Å². The van der Waals surface area contributed by atoms with Crippen LogP contribution in [0.3, 0.4) is 0 Å². The van der Waals surface area contributed by atoms with Crippen molar-refractivity contribution in [1.82, 2.24) is 0 Å². The number of carbonyl (C=O) groups excluding carboxylic acids is 2. The van der Waals surface area contributed by atoms with E-state index in [-0.39, 0.29) is 38.6 Å². The monoisotopic (exact) mass is 1260 g/mol. The van der Waals surface area contributed by atoms with Crippen LogP contribution in [0.5, 0.6) is 0 Å². The van der Waals surface area contributed by atoms with Crippen molar-refractivity contribution in [3.8, 4) is 0 Å². The van der Waals surface area contributed by atoms with Crippen molar-refractivity contribution < 1.29 is 42.9 Å².